The van der Waals surface area contributed by atoms with E-state index in [2.05, 4.69) is 20.4 Å². The molecule has 0 spiro atoms. The highest BCUT2D eigenvalue weighted by molar-refractivity contribution is 6.01. The Balaban J connectivity index is 1.47. The number of benzene rings is 1. The van der Waals surface area contributed by atoms with Crippen LogP contribution in [0.2, 0.25) is 0 Å². The first-order valence-electron chi connectivity index (χ1n) is 9.83. The summed E-state index contributed by atoms with van der Waals surface area (Å²) in [5, 5.41) is 12.1. The number of hydrogen-bond donors (Lipinski definition) is 1. The average Bonchev–Trinajstić information content (AvgIpc) is 3.39. The van der Waals surface area contributed by atoms with E-state index >= 15 is 0 Å². The SMILES string of the molecule is Cc1nn2cccnc2c1C(=O)NCc1cn(-c2ccccc2)nc1-c1ccncc1. The largest absolute Gasteiger partial charge is 0.348 e. The van der Waals surface area contributed by atoms with Crippen LogP contribution >= 0.6 is 0 Å². The molecule has 8 heteroatoms. The molecule has 0 saturated heterocycles. The molecule has 0 unspecified atom stereocenters. The van der Waals surface area contributed by atoms with E-state index in [9.17, 15) is 4.79 Å². The molecular formula is C23H19N7O. The number of nitrogens with one attached hydrogen (secondary N) is 1. The molecule has 152 valence electrons. The Hall–Kier alpha value is -4.33. The molecule has 0 saturated carbocycles. The lowest BCUT2D eigenvalue weighted by Crippen LogP contribution is -2.23. The minimum absolute atomic E-state index is 0.223. The third-order valence-electron chi connectivity index (χ3n) is 5.00. The smallest absolute Gasteiger partial charge is 0.257 e. The fourth-order valence-electron chi connectivity index (χ4n) is 3.53. The Kier molecular flexibility index (Phi) is 4.72. The lowest BCUT2D eigenvalue weighted by atomic mass is 10.1. The minimum Gasteiger partial charge on any atom is -0.348 e. The highest BCUT2D eigenvalue weighted by atomic mass is 16.1. The zero-order valence-electron chi connectivity index (χ0n) is 16.8. The van der Waals surface area contributed by atoms with Crippen LogP contribution in [0.15, 0.2) is 79.5 Å². The summed E-state index contributed by atoms with van der Waals surface area (Å²) in [5.41, 5.74) is 5.20. The number of hydrogen-bond acceptors (Lipinski definition) is 5. The zero-order valence-corrected chi connectivity index (χ0v) is 16.8. The highest BCUT2D eigenvalue weighted by Gasteiger charge is 2.19. The molecule has 1 aromatic carbocycles. The van der Waals surface area contributed by atoms with E-state index in [-0.39, 0.29) is 5.91 Å². The quantitative estimate of drug-likeness (QED) is 0.481. The maximum absolute atomic E-state index is 13.0. The Bertz CT molecular complexity index is 1360. The summed E-state index contributed by atoms with van der Waals surface area (Å²) in [4.78, 5) is 21.4. The van der Waals surface area contributed by atoms with Crippen molar-refractivity contribution in [2.45, 2.75) is 13.5 Å². The lowest BCUT2D eigenvalue weighted by molar-refractivity contribution is 0.0952. The number of fused-ring (bicyclic) bond motifs is 1. The van der Waals surface area contributed by atoms with Crippen molar-refractivity contribution in [1.82, 2.24) is 34.7 Å². The van der Waals surface area contributed by atoms with Crippen molar-refractivity contribution in [3.63, 3.8) is 0 Å². The van der Waals surface area contributed by atoms with Crippen LogP contribution in [-0.4, -0.2) is 35.3 Å². The molecule has 5 aromatic rings. The molecule has 5 rings (SSSR count). The minimum atomic E-state index is -0.223. The zero-order chi connectivity index (χ0) is 21.2. The number of carbonyl (C=O) groups excluding carboxylic acids is 1. The van der Waals surface area contributed by atoms with Gasteiger partial charge in [0, 0.05) is 48.7 Å². The van der Waals surface area contributed by atoms with Crippen LogP contribution in [0, 0.1) is 6.92 Å². The molecule has 0 radical (unpaired) electrons. The summed E-state index contributed by atoms with van der Waals surface area (Å²) in [6, 6.07) is 15.5. The van der Waals surface area contributed by atoms with Gasteiger partial charge in [0.05, 0.1) is 17.1 Å². The van der Waals surface area contributed by atoms with Crippen molar-refractivity contribution in [2.75, 3.05) is 0 Å². The first kappa shape index (κ1) is 18.7. The third-order valence-corrected chi connectivity index (χ3v) is 5.00. The molecule has 1 N–H and O–H groups in total. The van der Waals surface area contributed by atoms with Crippen molar-refractivity contribution >= 4 is 11.6 Å². The maximum atomic E-state index is 13.0. The molecule has 0 bridgehead atoms. The second-order valence-electron chi connectivity index (χ2n) is 7.05. The van der Waals surface area contributed by atoms with Crippen molar-refractivity contribution in [3.05, 3.63) is 96.3 Å². The molecule has 4 aromatic heterocycles. The number of amides is 1. The normalized spacial score (nSPS) is 11.0. The molecule has 0 fully saturated rings. The van der Waals surface area contributed by atoms with E-state index in [1.165, 1.54) is 0 Å². The highest BCUT2D eigenvalue weighted by Crippen LogP contribution is 2.23. The van der Waals surface area contributed by atoms with Gasteiger partial charge in [-0.15, -0.1) is 0 Å². The van der Waals surface area contributed by atoms with Crippen LogP contribution in [0.5, 0.6) is 0 Å². The van der Waals surface area contributed by atoms with E-state index in [1.807, 2.05) is 53.3 Å². The number of aromatic nitrogens is 6. The summed E-state index contributed by atoms with van der Waals surface area (Å²) in [5.74, 6) is -0.223. The fraction of sp³-hybridized carbons (Fsp3) is 0.0870. The second kappa shape index (κ2) is 7.83. The van der Waals surface area contributed by atoms with Crippen molar-refractivity contribution in [3.8, 4) is 16.9 Å². The van der Waals surface area contributed by atoms with Crippen molar-refractivity contribution in [1.29, 1.82) is 0 Å². The molecular weight excluding hydrogens is 390 g/mol. The Morgan fingerprint density at radius 3 is 2.61 bits per heavy atom. The first-order chi connectivity index (χ1) is 15.2. The molecule has 0 aliphatic heterocycles. The topological polar surface area (TPSA) is 90.0 Å². The van der Waals surface area contributed by atoms with Gasteiger partial charge in [0.15, 0.2) is 5.65 Å². The van der Waals surface area contributed by atoms with Gasteiger partial charge in [-0.3, -0.25) is 9.78 Å². The summed E-state index contributed by atoms with van der Waals surface area (Å²) in [6.07, 6.45) is 8.82. The Morgan fingerprint density at radius 2 is 1.81 bits per heavy atom. The van der Waals surface area contributed by atoms with E-state index in [1.54, 1.807) is 42.3 Å². The van der Waals surface area contributed by atoms with E-state index in [0.29, 0.717) is 23.4 Å². The first-order valence-corrected chi connectivity index (χ1v) is 9.83. The van der Waals surface area contributed by atoms with Crippen molar-refractivity contribution in [2.24, 2.45) is 0 Å². The van der Waals surface area contributed by atoms with Crippen LogP contribution in [0.1, 0.15) is 21.6 Å². The molecule has 0 aliphatic rings. The van der Waals surface area contributed by atoms with Gasteiger partial charge in [0.2, 0.25) is 0 Å². The van der Waals surface area contributed by atoms with Crippen molar-refractivity contribution < 1.29 is 4.79 Å². The predicted molar refractivity (Wildman–Crippen MR) is 116 cm³/mol. The monoisotopic (exact) mass is 409 g/mol. The molecule has 31 heavy (non-hydrogen) atoms. The van der Waals surface area contributed by atoms with Gasteiger partial charge >= 0.3 is 0 Å². The molecule has 8 nitrogen and oxygen atoms in total. The van der Waals surface area contributed by atoms with E-state index < -0.39 is 0 Å². The molecule has 4 heterocycles. The molecule has 0 aliphatic carbocycles. The van der Waals surface area contributed by atoms with Crippen LogP contribution in [-0.2, 0) is 6.54 Å². The van der Waals surface area contributed by atoms with Gasteiger partial charge in [0.1, 0.15) is 5.56 Å². The summed E-state index contributed by atoms with van der Waals surface area (Å²) in [7, 11) is 0. The van der Waals surface area contributed by atoms with Gasteiger partial charge in [-0.25, -0.2) is 14.2 Å². The van der Waals surface area contributed by atoms with Crippen LogP contribution in [0.25, 0.3) is 22.6 Å². The molecule has 1 amide bonds. The summed E-state index contributed by atoms with van der Waals surface area (Å²) >= 11 is 0. The number of para-hydroxylation sites is 1. The van der Waals surface area contributed by atoms with Gasteiger partial charge in [-0.1, -0.05) is 18.2 Å². The van der Waals surface area contributed by atoms with Gasteiger partial charge in [-0.05, 0) is 37.3 Å². The average molecular weight is 409 g/mol. The van der Waals surface area contributed by atoms with Gasteiger partial charge in [0.25, 0.3) is 5.91 Å². The number of carbonyl (C=O) groups is 1. The predicted octanol–water partition coefficient (Wildman–Crippen LogP) is 3.22. The number of aryl methyl sites for hydroxylation is 1. The lowest BCUT2D eigenvalue weighted by Gasteiger charge is -2.05. The van der Waals surface area contributed by atoms with Gasteiger partial charge < -0.3 is 5.32 Å². The second-order valence-corrected chi connectivity index (χ2v) is 7.05. The Labute approximate surface area is 178 Å². The molecule has 0 atom stereocenters. The van der Waals surface area contributed by atoms with E-state index in [0.717, 1.165) is 22.5 Å². The summed E-state index contributed by atoms with van der Waals surface area (Å²) in [6.45, 7) is 2.12. The fourth-order valence-corrected chi connectivity index (χ4v) is 3.53. The van der Waals surface area contributed by atoms with Crippen LogP contribution in [0.4, 0.5) is 0 Å². The summed E-state index contributed by atoms with van der Waals surface area (Å²) < 4.78 is 3.43. The van der Waals surface area contributed by atoms with Gasteiger partial charge in [-0.2, -0.15) is 10.2 Å². The van der Waals surface area contributed by atoms with E-state index in [4.69, 9.17) is 5.10 Å². The number of nitrogens with zero attached hydrogens (tertiary/aromatic N) is 6. The standard InChI is InChI=1S/C23H19N7O/c1-16-20(22-25-10-5-13-29(22)27-16)23(31)26-14-18-15-30(19-6-3-2-4-7-19)28-21(18)17-8-11-24-12-9-17/h2-13,15H,14H2,1H3,(H,26,31). The third kappa shape index (κ3) is 3.55. The number of pyridine rings is 1. The van der Waals surface area contributed by atoms with Crippen LogP contribution in [0.3, 0.4) is 0 Å². The van der Waals surface area contributed by atoms with Crippen LogP contribution < -0.4 is 5.32 Å². The maximum Gasteiger partial charge on any atom is 0.257 e. The Morgan fingerprint density at radius 1 is 1.00 bits per heavy atom. The number of rotatable bonds is 5.